The molecule has 0 atom stereocenters. The molecular formula is C41H59IS+2. The molecule has 0 aromatic heterocycles. The van der Waals surface area contributed by atoms with Gasteiger partial charge in [0, 0.05) is 0 Å². The van der Waals surface area contributed by atoms with Gasteiger partial charge in [0.05, 0.1) is 10.9 Å². The molecule has 0 aliphatic heterocycles. The molecule has 0 N–H and O–H groups in total. The lowest BCUT2D eigenvalue weighted by atomic mass is 10.4. The summed E-state index contributed by atoms with van der Waals surface area (Å²) in [5.74, 6) is 0. The van der Waals surface area contributed by atoms with Crippen LogP contribution in [0.25, 0.3) is 0 Å². The zero-order valence-electron chi connectivity index (χ0n) is 27.7. The normalized spacial score (nSPS) is 8.35. The first kappa shape index (κ1) is 44.6. The number of halogens is 1. The molecule has 5 aromatic rings. The molecule has 0 amide bonds. The smallest absolute Gasteiger partial charge is 0.0776 e. The molecule has 0 unspecified atom stereocenters. The van der Waals surface area contributed by atoms with E-state index in [0.29, 0.717) is 0 Å². The van der Waals surface area contributed by atoms with Gasteiger partial charge in [-0.15, -0.1) is 0 Å². The van der Waals surface area contributed by atoms with Gasteiger partial charge in [0.25, 0.3) is 0 Å². The predicted molar refractivity (Wildman–Crippen MR) is 195 cm³/mol. The molecule has 0 aliphatic carbocycles. The summed E-state index contributed by atoms with van der Waals surface area (Å²) in [5.41, 5.74) is 0. The summed E-state index contributed by atoms with van der Waals surface area (Å²) in [5, 5.41) is 0. The monoisotopic (exact) mass is 710 g/mol. The molecule has 43 heavy (non-hydrogen) atoms. The Hall–Kier alpha value is -2.82. The van der Waals surface area contributed by atoms with Gasteiger partial charge in [-0.3, -0.25) is 0 Å². The van der Waals surface area contributed by atoms with Gasteiger partial charge in [-0.1, -0.05) is 168 Å². The number of benzene rings is 5. The third kappa shape index (κ3) is 19.2. The minimum Gasteiger partial charge on any atom is -0.0776 e. The fraction of sp³-hybridized carbons (Fsp3) is 0.268. The first-order valence-corrected chi connectivity index (χ1v) is 18.9. The largest absolute Gasteiger partial charge is 0.357 e. The van der Waals surface area contributed by atoms with E-state index in [-0.39, 0.29) is 39.5 Å². The molecule has 0 saturated carbocycles. The fourth-order valence-corrected chi connectivity index (χ4v) is 7.53. The summed E-state index contributed by atoms with van der Waals surface area (Å²) >= 11 is 0.0287. The summed E-state index contributed by atoms with van der Waals surface area (Å²) in [4.78, 5) is 4.08. The number of hydrogen-bond donors (Lipinski definition) is 0. The van der Waals surface area contributed by atoms with E-state index in [0.717, 1.165) is 0 Å². The first-order chi connectivity index (χ1) is 20.9. The van der Waals surface area contributed by atoms with Gasteiger partial charge >= 0.3 is 21.2 Å². The van der Waals surface area contributed by atoms with E-state index >= 15 is 0 Å². The van der Waals surface area contributed by atoms with Crippen molar-refractivity contribution in [3.63, 3.8) is 0 Å². The van der Waals surface area contributed by atoms with Crippen molar-refractivity contribution in [2.45, 2.75) is 91.4 Å². The van der Waals surface area contributed by atoms with Crippen LogP contribution in [-0.2, 0) is 10.9 Å². The van der Waals surface area contributed by atoms with Gasteiger partial charge in [-0.2, -0.15) is 0 Å². The number of rotatable bonds is 5. The Morgan fingerprint density at radius 1 is 0.302 bits per heavy atom. The quantitative estimate of drug-likeness (QED) is 0.126. The summed E-state index contributed by atoms with van der Waals surface area (Å²) < 4.78 is 2.96. The molecule has 0 aliphatic rings. The van der Waals surface area contributed by atoms with Crippen molar-refractivity contribution in [1.29, 1.82) is 0 Å². The van der Waals surface area contributed by atoms with E-state index in [9.17, 15) is 0 Å². The van der Waals surface area contributed by atoms with Crippen LogP contribution in [-0.4, -0.2) is 0 Å². The topological polar surface area (TPSA) is 0 Å². The van der Waals surface area contributed by atoms with E-state index in [2.05, 4.69) is 152 Å². The highest BCUT2D eigenvalue weighted by atomic mass is 127. The fourth-order valence-electron chi connectivity index (χ4n) is 3.16. The van der Waals surface area contributed by atoms with Gasteiger partial charge in [0.15, 0.2) is 21.8 Å². The average Bonchev–Trinajstić information content (AvgIpc) is 3.12. The molecule has 5 aromatic carbocycles. The lowest BCUT2D eigenvalue weighted by Gasteiger charge is -2.07. The second-order valence-corrected chi connectivity index (χ2v) is 12.0. The molecule has 0 spiro atoms. The van der Waals surface area contributed by atoms with Crippen molar-refractivity contribution in [2.75, 3.05) is 0 Å². The van der Waals surface area contributed by atoms with Crippen LogP contribution in [0, 0.1) is 7.14 Å². The summed E-state index contributed by atoms with van der Waals surface area (Å²) in [6, 6.07) is 53.6. The third-order valence-electron chi connectivity index (χ3n) is 4.62. The number of hydrogen-bond acceptors (Lipinski definition) is 0. The Morgan fingerprint density at radius 3 is 0.698 bits per heavy atom. The maximum atomic E-state index is 2.21. The van der Waals surface area contributed by atoms with Crippen LogP contribution in [0.3, 0.4) is 0 Å². The van der Waals surface area contributed by atoms with Gasteiger partial charge in [0.1, 0.15) is 0 Å². The molecule has 0 nitrogen and oxygen atoms in total. The van der Waals surface area contributed by atoms with Crippen molar-refractivity contribution in [3.8, 4) is 0 Å². The summed E-state index contributed by atoms with van der Waals surface area (Å²) in [6.45, 7) is 20.0. The van der Waals surface area contributed by atoms with Crippen molar-refractivity contribution >= 4 is 10.9 Å². The van der Waals surface area contributed by atoms with Crippen LogP contribution in [0.1, 0.15) is 76.7 Å². The predicted octanol–water partition coefficient (Wildman–Crippen LogP) is 10.4. The molecule has 0 bridgehead atoms. The zero-order chi connectivity index (χ0) is 31.8. The molecule has 0 heterocycles. The van der Waals surface area contributed by atoms with Gasteiger partial charge in [-0.05, 0) is 60.7 Å². The second kappa shape index (κ2) is 33.7. The zero-order valence-corrected chi connectivity index (χ0v) is 30.7. The molecule has 234 valence electrons. The maximum absolute atomic E-state index is 2.21. The Balaban J connectivity index is -0.000000585. The molecular weight excluding hydrogens is 651 g/mol. The Morgan fingerprint density at radius 2 is 0.488 bits per heavy atom. The highest BCUT2D eigenvalue weighted by Crippen LogP contribution is 2.30. The molecule has 0 radical (unpaired) electrons. The Kier molecular flexibility index (Phi) is 34.9. The van der Waals surface area contributed by atoms with E-state index in [4.69, 9.17) is 0 Å². The van der Waals surface area contributed by atoms with Crippen LogP contribution < -0.4 is 21.2 Å². The van der Waals surface area contributed by atoms with E-state index < -0.39 is 0 Å². The van der Waals surface area contributed by atoms with E-state index in [1.54, 1.807) is 0 Å². The first-order valence-electron chi connectivity index (χ1n) is 15.5. The van der Waals surface area contributed by atoms with Crippen molar-refractivity contribution in [2.24, 2.45) is 0 Å². The molecule has 2 heteroatoms. The molecule has 0 saturated heterocycles. The minimum absolute atomic E-state index is 0. The van der Waals surface area contributed by atoms with Crippen molar-refractivity contribution in [1.82, 2.24) is 0 Å². The third-order valence-corrected chi connectivity index (χ3v) is 9.54. The van der Waals surface area contributed by atoms with Crippen LogP contribution in [0.4, 0.5) is 0 Å². The standard InChI is InChI=1S/C18H15S.C12H10I.5C2H6.CH4/c1-4-10-16(11-5-1)19(17-12-6-2-7-13-17)18-14-8-3-9-15-18;1-3-7-11(8-4-1)13-12-9-5-2-6-10-12;5*1-2;/h1-15H;1-10H;5*1-2H3;1H4/q2*+1;;;;;;. The van der Waals surface area contributed by atoms with E-state index in [1.807, 2.05) is 69.2 Å². The highest BCUT2D eigenvalue weighted by Gasteiger charge is 2.27. The molecule has 5 rings (SSSR count). The lowest BCUT2D eigenvalue weighted by Crippen LogP contribution is -3.61. The van der Waals surface area contributed by atoms with Gasteiger partial charge < -0.3 is 0 Å². The van der Waals surface area contributed by atoms with Gasteiger partial charge in [0.2, 0.25) is 0 Å². The van der Waals surface area contributed by atoms with Crippen LogP contribution in [0.2, 0.25) is 0 Å². The summed E-state index contributed by atoms with van der Waals surface area (Å²) in [7, 11) is -0.0146. The van der Waals surface area contributed by atoms with Crippen LogP contribution >= 0.6 is 0 Å². The maximum Gasteiger partial charge on any atom is 0.357 e. The highest BCUT2D eigenvalue weighted by molar-refractivity contribution is 7.97. The van der Waals surface area contributed by atoms with Gasteiger partial charge in [-0.25, -0.2) is 0 Å². The Labute approximate surface area is 280 Å². The SMILES string of the molecule is C.CC.CC.CC.CC.CC.c1ccc([I+]c2ccccc2)cc1.c1ccc([S+](c2ccccc2)c2ccccc2)cc1. The average molecular weight is 711 g/mol. The van der Waals surface area contributed by atoms with Crippen LogP contribution in [0.5, 0.6) is 0 Å². The second-order valence-electron chi connectivity index (χ2n) is 6.93. The van der Waals surface area contributed by atoms with E-state index in [1.165, 1.54) is 21.8 Å². The summed E-state index contributed by atoms with van der Waals surface area (Å²) in [6.07, 6.45) is 0. The van der Waals surface area contributed by atoms with Crippen molar-refractivity contribution < 1.29 is 21.2 Å². The Bertz CT molecular complexity index is 1030. The molecule has 0 fully saturated rings. The van der Waals surface area contributed by atoms with Crippen LogP contribution in [0.15, 0.2) is 166 Å². The van der Waals surface area contributed by atoms with Crippen molar-refractivity contribution in [3.05, 3.63) is 159 Å². The lowest BCUT2D eigenvalue weighted by molar-refractivity contribution is -0.597. The minimum atomic E-state index is -0.0146.